The number of aliphatic carboxylic acids is 1. The number of rotatable bonds is 1. The minimum Gasteiger partial charge on any atom is -0.480 e. The summed E-state index contributed by atoms with van der Waals surface area (Å²) in [6, 6.07) is 4.82. The van der Waals surface area contributed by atoms with Crippen molar-refractivity contribution in [2.45, 2.75) is 26.3 Å². The standard InChI is InChI=1S/C12H13NO3/c1-7-4-3-5-10-9(7)6-11(12(15)16)13(10)8(2)14/h3-5,11H,6H2,1-2H3,(H,15,16). The molecule has 16 heavy (non-hydrogen) atoms. The van der Waals surface area contributed by atoms with Gasteiger partial charge in [0.05, 0.1) is 0 Å². The molecule has 2 rings (SSSR count). The topological polar surface area (TPSA) is 57.6 Å². The summed E-state index contributed by atoms with van der Waals surface area (Å²) in [6.45, 7) is 3.33. The van der Waals surface area contributed by atoms with E-state index in [0.717, 1.165) is 16.8 Å². The van der Waals surface area contributed by atoms with E-state index >= 15 is 0 Å². The number of benzene rings is 1. The van der Waals surface area contributed by atoms with Gasteiger partial charge in [-0.05, 0) is 24.1 Å². The van der Waals surface area contributed by atoms with E-state index in [1.807, 2.05) is 19.1 Å². The second kappa shape index (κ2) is 3.63. The van der Waals surface area contributed by atoms with E-state index in [2.05, 4.69) is 0 Å². The molecule has 84 valence electrons. The van der Waals surface area contributed by atoms with Crippen molar-refractivity contribution in [3.05, 3.63) is 29.3 Å². The maximum Gasteiger partial charge on any atom is 0.327 e. The fourth-order valence-electron chi connectivity index (χ4n) is 2.22. The van der Waals surface area contributed by atoms with Crippen molar-refractivity contribution in [1.82, 2.24) is 0 Å². The first-order valence-electron chi connectivity index (χ1n) is 5.13. The first-order valence-corrected chi connectivity index (χ1v) is 5.13. The normalized spacial score (nSPS) is 18.4. The van der Waals surface area contributed by atoms with Crippen LogP contribution in [0, 0.1) is 6.92 Å². The number of hydrogen-bond donors (Lipinski definition) is 1. The van der Waals surface area contributed by atoms with E-state index in [1.165, 1.54) is 11.8 Å². The summed E-state index contributed by atoms with van der Waals surface area (Å²) in [5.74, 6) is -1.18. The highest BCUT2D eigenvalue weighted by Crippen LogP contribution is 2.34. The molecule has 4 nitrogen and oxygen atoms in total. The van der Waals surface area contributed by atoms with Crippen LogP contribution in [-0.2, 0) is 16.0 Å². The van der Waals surface area contributed by atoms with Crippen LogP contribution in [0.2, 0.25) is 0 Å². The molecule has 1 aromatic rings. The molecule has 1 unspecified atom stereocenters. The van der Waals surface area contributed by atoms with Crippen LogP contribution in [0.3, 0.4) is 0 Å². The average molecular weight is 219 g/mol. The summed E-state index contributed by atoms with van der Waals surface area (Å²) < 4.78 is 0. The van der Waals surface area contributed by atoms with Crippen molar-refractivity contribution in [2.24, 2.45) is 0 Å². The summed E-state index contributed by atoms with van der Waals surface area (Å²) in [5.41, 5.74) is 2.73. The average Bonchev–Trinajstić information content (AvgIpc) is 2.58. The van der Waals surface area contributed by atoms with Gasteiger partial charge in [-0.15, -0.1) is 0 Å². The van der Waals surface area contributed by atoms with Crippen LogP contribution in [0.15, 0.2) is 18.2 Å². The molecule has 0 aliphatic carbocycles. The lowest BCUT2D eigenvalue weighted by atomic mass is 10.0. The molecule has 0 saturated carbocycles. The molecular formula is C12H13NO3. The van der Waals surface area contributed by atoms with Gasteiger partial charge in [-0.25, -0.2) is 4.79 Å². The molecule has 0 saturated heterocycles. The smallest absolute Gasteiger partial charge is 0.327 e. The monoisotopic (exact) mass is 219 g/mol. The van der Waals surface area contributed by atoms with Crippen molar-refractivity contribution in [1.29, 1.82) is 0 Å². The van der Waals surface area contributed by atoms with Crippen LogP contribution in [0.5, 0.6) is 0 Å². The number of hydrogen-bond acceptors (Lipinski definition) is 2. The van der Waals surface area contributed by atoms with E-state index < -0.39 is 12.0 Å². The predicted molar refractivity (Wildman–Crippen MR) is 59.5 cm³/mol. The van der Waals surface area contributed by atoms with E-state index in [0.29, 0.717) is 6.42 Å². The molecule has 0 radical (unpaired) electrons. The molecule has 1 heterocycles. The Bertz CT molecular complexity index is 467. The molecule has 1 aromatic carbocycles. The van der Waals surface area contributed by atoms with Crippen molar-refractivity contribution < 1.29 is 14.7 Å². The third kappa shape index (κ3) is 1.46. The quantitative estimate of drug-likeness (QED) is 0.775. The SMILES string of the molecule is CC(=O)N1c2cccc(C)c2CC1C(=O)O. The number of amides is 1. The number of nitrogens with zero attached hydrogens (tertiary/aromatic N) is 1. The second-order valence-corrected chi connectivity index (χ2v) is 4.02. The fourth-order valence-corrected chi connectivity index (χ4v) is 2.22. The van der Waals surface area contributed by atoms with Crippen LogP contribution in [-0.4, -0.2) is 23.0 Å². The number of aryl methyl sites for hydroxylation is 1. The number of carbonyl (C=O) groups is 2. The van der Waals surface area contributed by atoms with Crippen molar-refractivity contribution in [2.75, 3.05) is 4.90 Å². The molecule has 1 aliphatic heterocycles. The molecule has 0 spiro atoms. The van der Waals surface area contributed by atoms with Crippen LogP contribution < -0.4 is 4.90 Å². The highest BCUT2D eigenvalue weighted by molar-refractivity contribution is 6.00. The van der Waals surface area contributed by atoms with Gasteiger partial charge in [0.2, 0.25) is 5.91 Å². The van der Waals surface area contributed by atoms with Gasteiger partial charge < -0.3 is 5.11 Å². The lowest BCUT2D eigenvalue weighted by molar-refractivity contribution is -0.139. The Labute approximate surface area is 93.5 Å². The Morgan fingerprint density at radius 3 is 2.69 bits per heavy atom. The molecule has 1 N–H and O–H groups in total. The fraction of sp³-hybridized carbons (Fsp3) is 0.333. The van der Waals surface area contributed by atoms with Gasteiger partial charge in [0, 0.05) is 19.0 Å². The molecule has 1 atom stereocenters. The predicted octanol–water partition coefficient (Wildman–Crippen LogP) is 1.36. The van der Waals surface area contributed by atoms with Gasteiger partial charge in [-0.3, -0.25) is 9.69 Å². The zero-order valence-electron chi connectivity index (χ0n) is 9.23. The molecule has 0 bridgehead atoms. The Hall–Kier alpha value is -1.84. The molecule has 0 aromatic heterocycles. The zero-order valence-corrected chi connectivity index (χ0v) is 9.23. The Morgan fingerprint density at radius 2 is 2.12 bits per heavy atom. The lowest BCUT2D eigenvalue weighted by Gasteiger charge is -2.20. The summed E-state index contributed by atoms with van der Waals surface area (Å²) in [7, 11) is 0. The van der Waals surface area contributed by atoms with Gasteiger partial charge in [-0.1, -0.05) is 12.1 Å². The van der Waals surface area contributed by atoms with Crippen LogP contribution in [0.1, 0.15) is 18.1 Å². The molecule has 0 fully saturated rings. The van der Waals surface area contributed by atoms with E-state index in [4.69, 9.17) is 5.11 Å². The number of anilines is 1. The van der Waals surface area contributed by atoms with Gasteiger partial charge in [0.1, 0.15) is 6.04 Å². The first kappa shape index (κ1) is 10.7. The molecular weight excluding hydrogens is 206 g/mol. The van der Waals surface area contributed by atoms with Gasteiger partial charge in [0.25, 0.3) is 0 Å². The van der Waals surface area contributed by atoms with Crippen molar-refractivity contribution in [3.8, 4) is 0 Å². The number of carboxylic acid groups (broad SMARTS) is 1. The van der Waals surface area contributed by atoms with Crippen LogP contribution in [0.25, 0.3) is 0 Å². The van der Waals surface area contributed by atoms with E-state index in [9.17, 15) is 9.59 Å². The maximum absolute atomic E-state index is 11.5. The maximum atomic E-state index is 11.5. The summed E-state index contributed by atoms with van der Waals surface area (Å²) in [6.07, 6.45) is 0.400. The van der Waals surface area contributed by atoms with Gasteiger partial charge in [-0.2, -0.15) is 0 Å². The highest BCUT2D eigenvalue weighted by atomic mass is 16.4. The summed E-state index contributed by atoms with van der Waals surface area (Å²) in [4.78, 5) is 24.0. The minimum atomic E-state index is -0.953. The number of carbonyl (C=O) groups excluding carboxylic acids is 1. The Morgan fingerprint density at radius 1 is 1.44 bits per heavy atom. The number of fused-ring (bicyclic) bond motifs is 1. The third-order valence-electron chi connectivity index (χ3n) is 2.98. The molecule has 4 heteroatoms. The largest absolute Gasteiger partial charge is 0.480 e. The van der Waals surface area contributed by atoms with Crippen molar-refractivity contribution in [3.63, 3.8) is 0 Å². The lowest BCUT2D eigenvalue weighted by Crippen LogP contribution is -2.41. The Kier molecular flexibility index (Phi) is 2.42. The second-order valence-electron chi connectivity index (χ2n) is 4.02. The van der Waals surface area contributed by atoms with E-state index in [1.54, 1.807) is 6.07 Å². The summed E-state index contributed by atoms with van der Waals surface area (Å²) >= 11 is 0. The van der Waals surface area contributed by atoms with Gasteiger partial charge in [0.15, 0.2) is 0 Å². The Balaban J connectivity index is 2.53. The van der Waals surface area contributed by atoms with Crippen LogP contribution in [0.4, 0.5) is 5.69 Å². The molecule has 1 amide bonds. The summed E-state index contributed by atoms with van der Waals surface area (Å²) in [5, 5.41) is 9.10. The first-order chi connectivity index (χ1) is 7.52. The minimum absolute atomic E-state index is 0.225. The highest BCUT2D eigenvalue weighted by Gasteiger charge is 2.37. The van der Waals surface area contributed by atoms with Crippen molar-refractivity contribution >= 4 is 17.6 Å². The number of carboxylic acids is 1. The molecule has 1 aliphatic rings. The van der Waals surface area contributed by atoms with E-state index in [-0.39, 0.29) is 5.91 Å². The zero-order chi connectivity index (χ0) is 11.9. The van der Waals surface area contributed by atoms with Crippen LogP contribution >= 0.6 is 0 Å². The van der Waals surface area contributed by atoms with Gasteiger partial charge >= 0.3 is 5.97 Å². The third-order valence-corrected chi connectivity index (χ3v) is 2.98.